The Balaban J connectivity index is 1.85. The fraction of sp³-hybridized carbons (Fsp3) is 0.684. The van der Waals surface area contributed by atoms with Gasteiger partial charge in [0, 0.05) is 0 Å². The smallest absolute Gasteiger partial charge is 0.137 e. The molecule has 1 saturated heterocycles. The molecule has 0 spiro atoms. The first-order chi connectivity index (χ1) is 10.4. The van der Waals surface area contributed by atoms with E-state index < -0.39 is 6.10 Å². The molecule has 124 valence electrons. The second-order valence-corrected chi connectivity index (χ2v) is 7.85. The lowest BCUT2D eigenvalue weighted by Crippen LogP contribution is -3.14. The first kappa shape index (κ1) is 17.3. The number of likely N-dealkylation sites (tertiary alicyclic amines) is 1. The lowest BCUT2D eigenvalue weighted by atomic mass is 9.86. The Bertz CT molecular complexity index is 459. The van der Waals surface area contributed by atoms with Gasteiger partial charge in [-0.2, -0.15) is 0 Å². The van der Waals surface area contributed by atoms with Crippen molar-refractivity contribution in [1.29, 1.82) is 0 Å². The second-order valence-electron chi connectivity index (χ2n) is 7.85. The van der Waals surface area contributed by atoms with Crippen molar-refractivity contribution < 1.29 is 14.7 Å². The van der Waals surface area contributed by atoms with Crippen LogP contribution >= 0.6 is 0 Å². The number of quaternary nitrogens is 1. The van der Waals surface area contributed by atoms with Gasteiger partial charge in [0.15, 0.2) is 0 Å². The standard InChI is InChI=1S/C19H31NO2/c1-15-9-11-20(12-10-15)13-16(21)14-22-18-8-6-5-7-17(18)19(2,3)4/h5-8,15-16,21H,9-14H2,1-4H3/p+1. The van der Waals surface area contributed by atoms with Crippen molar-refractivity contribution in [3.05, 3.63) is 29.8 Å². The Labute approximate surface area is 135 Å². The lowest BCUT2D eigenvalue weighted by molar-refractivity contribution is -0.909. The van der Waals surface area contributed by atoms with E-state index in [4.69, 9.17) is 4.74 Å². The summed E-state index contributed by atoms with van der Waals surface area (Å²) in [6.45, 7) is 12.4. The highest BCUT2D eigenvalue weighted by molar-refractivity contribution is 5.38. The number of hydrogen-bond donors (Lipinski definition) is 2. The van der Waals surface area contributed by atoms with E-state index >= 15 is 0 Å². The van der Waals surface area contributed by atoms with E-state index in [-0.39, 0.29) is 5.41 Å². The van der Waals surface area contributed by atoms with Crippen LogP contribution in [0.15, 0.2) is 24.3 Å². The van der Waals surface area contributed by atoms with Crippen LogP contribution < -0.4 is 9.64 Å². The van der Waals surface area contributed by atoms with Crippen LogP contribution in [0.5, 0.6) is 5.75 Å². The van der Waals surface area contributed by atoms with Crippen molar-refractivity contribution in [1.82, 2.24) is 0 Å². The van der Waals surface area contributed by atoms with E-state index in [1.54, 1.807) is 0 Å². The molecule has 22 heavy (non-hydrogen) atoms. The number of nitrogens with one attached hydrogen (secondary N) is 1. The zero-order valence-electron chi connectivity index (χ0n) is 14.6. The second kappa shape index (κ2) is 7.47. The summed E-state index contributed by atoms with van der Waals surface area (Å²) in [4.78, 5) is 1.51. The third kappa shape index (κ3) is 4.99. The monoisotopic (exact) mass is 306 g/mol. The Kier molecular flexibility index (Phi) is 5.87. The maximum absolute atomic E-state index is 10.3. The van der Waals surface area contributed by atoms with E-state index in [2.05, 4.69) is 33.8 Å². The molecule has 1 aliphatic rings. The number of piperidine rings is 1. The molecule has 2 N–H and O–H groups in total. The summed E-state index contributed by atoms with van der Waals surface area (Å²) in [6, 6.07) is 8.15. The largest absolute Gasteiger partial charge is 0.490 e. The lowest BCUT2D eigenvalue weighted by Gasteiger charge is -2.29. The average Bonchev–Trinajstić information content (AvgIpc) is 2.47. The van der Waals surface area contributed by atoms with Gasteiger partial charge in [0.1, 0.15) is 25.0 Å². The fourth-order valence-corrected chi connectivity index (χ4v) is 3.16. The summed E-state index contributed by atoms with van der Waals surface area (Å²) in [7, 11) is 0. The van der Waals surface area contributed by atoms with Crippen LogP contribution in [0.4, 0.5) is 0 Å². The molecule has 0 aromatic heterocycles. The molecule has 3 nitrogen and oxygen atoms in total. The molecule has 1 aromatic carbocycles. The molecule has 2 rings (SSSR count). The highest BCUT2D eigenvalue weighted by Crippen LogP contribution is 2.30. The number of hydrogen-bond acceptors (Lipinski definition) is 2. The number of benzene rings is 1. The predicted octanol–water partition coefficient (Wildman–Crippen LogP) is 2.04. The summed E-state index contributed by atoms with van der Waals surface area (Å²) in [5, 5.41) is 10.3. The van der Waals surface area contributed by atoms with E-state index in [0.717, 1.165) is 18.2 Å². The number of aliphatic hydroxyl groups excluding tert-OH is 1. The quantitative estimate of drug-likeness (QED) is 0.873. The summed E-state index contributed by atoms with van der Waals surface area (Å²) in [5.74, 6) is 1.74. The van der Waals surface area contributed by atoms with Crippen molar-refractivity contribution in [3.8, 4) is 5.75 Å². The summed E-state index contributed by atoms with van der Waals surface area (Å²) in [6.07, 6.45) is 2.15. The molecule has 1 atom stereocenters. The minimum atomic E-state index is -0.392. The normalized spacial score (nSPS) is 24.0. The van der Waals surface area contributed by atoms with Gasteiger partial charge in [0.2, 0.25) is 0 Å². The summed E-state index contributed by atoms with van der Waals surface area (Å²) in [5.41, 5.74) is 1.25. The van der Waals surface area contributed by atoms with Crippen LogP contribution in [-0.2, 0) is 5.41 Å². The Morgan fingerprint density at radius 2 is 1.86 bits per heavy atom. The first-order valence-corrected chi connectivity index (χ1v) is 8.60. The van der Waals surface area contributed by atoms with Gasteiger partial charge in [0.05, 0.1) is 13.1 Å². The van der Waals surface area contributed by atoms with Crippen molar-refractivity contribution in [2.45, 2.75) is 52.1 Å². The van der Waals surface area contributed by atoms with Crippen LogP contribution in [0, 0.1) is 5.92 Å². The van der Waals surface area contributed by atoms with E-state index in [1.165, 1.54) is 36.4 Å². The van der Waals surface area contributed by atoms with Gasteiger partial charge < -0.3 is 14.7 Å². The topological polar surface area (TPSA) is 33.9 Å². The van der Waals surface area contributed by atoms with Gasteiger partial charge in [-0.1, -0.05) is 45.9 Å². The minimum Gasteiger partial charge on any atom is -0.490 e. The van der Waals surface area contributed by atoms with Gasteiger partial charge in [-0.3, -0.25) is 0 Å². The zero-order chi connectivity index (χ0) is 16.2. The van der Waals surface area contributed by atoms with Crippen LogP contribution in [0.25, 0.3) is 0 Å². The third-order valence-corrected chi connectivity index (χ3v) is 4.63. The molecule has 1 aromatic rings. The van der Waals surface area contributed by atoms with Crippen LogP contribution in [0.3, 0.4) is 0 Å². The van der Waals surface area contributed by atoms with E-state index in [9.17, 15) is 5.11 Å². The number of para-hydroxylation sites is 1. The third-order valence-electron chi connectivity index (χ3n) is 4.63. The molecular formula is C19H32NO2+. The molecule has 0 radical (unpaired) electrons. The molecule has 1 aliphatic heterocycles. The summed E-state index contributed by atoms with van der Waals surface area (Å²) >= 11 is 0. The van der Waals surface area contributed by atoms with Gasteiger partial charge in [-0.25, -0.2) is 0 Å². The van der Waals surface area contributed by atoms with Crippen molar-refractivity contribution in [3.63, 3.8) is 0 Å². The zero-order valence-corrected chi connectivity index (χ0v) is 14.6. The Hall–Kier alpha value is -1.06. The van der Waals surface area contributed by atoms with Crippen molar-refractivity contribution in [2.24, 2.45) is 5.92 Å². The first-order valence-electron chi connectivity index (χ1n) is 8.60. The van der Waals surface area contributed by atoms with Gasteiger partial charge in [-0.05, 0) is 35.8 Å². The molecule has 1 unspecified atom stereocenters. The molecule has 0 amide bonds. The van der Waals surface area contributed by atoms with Crippen LogP contribution in [-0.4, -0.2) is 37.5 Å². The fourth-order valence-electron chi connectivity index (χ4n) is 3.16. The Morgan fingerprint density at radius 3 is 2.50 bits per heavy atom. The van der Waals surface area contributed by atoms with Crippen LogP contribution in [0.1, 0.15) is 46.1 Å². The van der Waals surface area contributed by atoms with E-state index in [1.807, 2.05) is 18.2 Å². The van der Waals surface area contributed by atoms with Gasteiger partial charge in [-0.15, -0.1) is 0 Å². The summed E-state index contributed by atoms with van der Waals surface area (Å²) < 4.78 is 5.92. The SMILES string of the molecule is CC1CC[NH+](CC(O)COc2ccccc2C(C)(C)C)CC1. The number of ether oxygens (including phenoxy) is 1. The molecule has 0 aliphatic carbocycles. The molecule has 1 heterocycles. The molecule has 3 heteroatoms. The van der Waals surface area contributed by atoms with Crippen molar-refractivity contribution >= 4 is 0 Å². The van der Waals surface area contributed by atoms with Gasteiger partial charge >= 0.3 is 0 Å². The maximum Gasteiger partial charge on any atom is 0.137 e. The highest BCUT2D eigenvalue weighted by atomic mass is 16.5. The minimum absolute atomic E-state index is 0.0514. The molecule has 0 saturated carbocycles. The highest BCUT2D eigenvalue weighted by Gasteiger charge is 2.23. The van der Waals surface area contributed by atoms with Gasteiger partial charge in [0.25, 0.3) is 0 Å². The number of aliphatic hydroxyl groups is 1. The van der Waals surface area contributed by atoms with E-state index in [0.29, 0.717) is 6.61 Å². The molecular weight excluding hydrogens is 274 g/mol. The predicted molar refractivity (Wildman–Crippen MR) is 90.6 cm³/mol. The van der Waals surface area contributed by atoms with Crippen LogP contribution in [0.2, 0.25) is 0 Å². The molecule has 0 bridgehead atoms. The maximum atomic E-state index is 10.3. The molecule has 1 fully saturated rings. The van der Waals surface area contributed by atoms with Crippen molar-refractivity contribution in [2.75, 3.05) is 26.2 Å². The Morgan fingerprint density at radius 1 is 1.23 bits per heavy atom. The number of rotatable bonds is 5. The average molecular weight is 306 g/mol.